The molecular formula is C17H22N2O2. The number of fused-ring (bicyclic) bond motifs is 1. The van der Waals surface area contributed by atoms with Gasteiger partial charge in [0.05, 0.1) is 7.11 Å². The monoisotopic (exact) mass is 286 g/mol. The van der Waals surface area contributed by atoms with E-state index >= 15 is 0 Å². The molecule has 2 atom stereocenters. The molecule has 4 nitrogen and oxygen atoms in total. The topological polar surface area (TPSA) is 41.6 Å². The number of ether oxygens (including phenoxy) is 1. The fourth-order valence-electron chi connectivity index (χ4n) is 3.37. The van der Waals surface area contributed by atoms with Crippen LogP contribution in [0.3, 0.4) is 0 Å². The van der Waals surface area contributed by atoms with Gasteiger partial charge in [0, 0.05) is 24.7 Å². The van der Waals surface area contributed by atoms with Gasteiger partial charge in [0.1, 0.15) is 5.75 Å². The summed E-state index contributed by atoms with van der Waals surface area (Å²) in [7, 11) is 1.65. The van der Waals surface area contributed by atoms with Crippen molar-refractivity contribution in [2.24, 2.45) is 0 Å². The molecule has 3 rings (SSSR count). The largest absolute Gasteiger partial charge is 0.497 e. The first-order valence-electron chi connectivity index (χ1n) is 7.63. The van der Waals surface area contributed by atoms with Gasteiger partial charge in [0.15, 0.2) is 0 Å². The van der Waals surface area contributed by atoms with E-state index in [0.29, 0.717) is 12.1 Å². The maximum atomic E-state index is 12.0. The molecule has 1 amide bonds. The number of nitrogens with one attached hydrogen (secondary N) is 1. The fourth-order valence-corrected chi connectivity index (χ4v) is 3.37. The highest BCUT2D eigenvalue weighted by molar-refractivity contribution is 5.92. The second-order valence-corrected chi connectivity index (χ2v) is 5.76. The fraction of sp³-hybridized carbons (Fsp3) is 0.471. The van der Waals surface area contributed by atoms with Gasteiger partial charge in [-0.25, -0.2) is 0 Å². The maximum Gasteiger partial charge on any atom is 0.244 e. The number of hydrogen-bond donors (Lipinski definition) is 1. The van der Waals surface area contributed by atoms with Gasteiger partial charge in [-0.05, 0) is 49.6 Å². The first kappa shape index (κ1) is 14.1. The zero-order valence-electron chi connectivity index (χ0n) is 12.4. The predicted molar refractivity (Wildman–Crippen MR) is 83.2 cm³/mol. The lowest BCUT2D eigenvalue weighted by molar-refractivity contribution is -0.117. The van der Waals surface area contributed by atoms with Crippen LogP contribution in [0.1, 0.15) is 24.8 Å². The Hall–Kier alpha value is -1.81. The van der Waals surface area contributed by atoms with Gasteiger partial charge in [0.2, 0.25) is 5.91 Å². The summed E-state index contributed by atoms with van der Waals surface area (Å²) >= 11 is 0. The SMILES string of the molecule is COc1ccc(/C=C\C(=O)NC2CCN3CCCC23)cc1. The van der Waals surface area contributed by atoms with E-state index in [1.807, 2.05) is 30.3 Å². The van der Waals surface area contributed by atoms with Crippen LogP contribution in [0.4, 0.5) is 0 Å². The summed E-state index contributed by atoms with van der Waals surface area (Å²) in [5, 5.41) is 3.15. The number of carbonyl (C=O) groups excluding carboxylic acids is 1. The molecule has 0 radical (unpaired) electrons. The average molecular weight is 286 g/mol. The van der Waals surface area contributed by atoms with Crippen LogP contribution in [0.15, 0.2) is 30.3 Å². The van der Waals surface area contributed by atoms with E-state index in [1.54, 1.807) is 13.2 Å². The first-order valence-corrected chi connectivity index (χ1v) is 7.63. The smallest absolute Gasteiger partial charge is 0.244 e. The summed E-state index contributed by atoms with van der Waals surface area (Å²) in [4.78, 5) is 14.5. The molecular weight excluding hydrogens is 264 g/mol. The summed E-state index contributed by atoms with van der Waals surface area (Å²) in [6.45, 7) is 2.32. The minimum Gasteiger partial charge on any atom is -0.497 e. The second-order valence-electron chi connectivity index (χ2n) is 5.76. The van der Waals surface area contributed by atoms with Crippen molar-refractivity contribution in [2.45, 2.75) is 31.3 Å². The van der Waals surface area contributed by atoms with Crippen molar-refractivity contribution in [2.75, 3.05) is 20.2 Å². The van der Waals surface area contributed by atoms with Gasteiger partial charge in [-0.2, -0.15) is 0 Å². The number of carbonyl (C=O) groups is 1. The summed E-state index contributed by atoms with van der Waals surface area (Å²) in [6.07, 6.45) is 7.02. The van der Waals surface area contributed by atoms with Gasteiger partial charge in [0.25, 0.3) is 0 Å². The van der Waals surface area contributed by atoms with E-state index in [1.165, 1.54) is 19.4 Å². The molecule has 1 aromatic carbocycles. The Bertz CT molecular complexity index is 524. The number of benzene rings is 1. The van der Waals surface area contributed by atoms with Crippen molar-refractivity contribution >= 4 is 12.0 Å². The Morgan fingerprint density at radius 1 is 1.29 bits per heavy atom. The molecule has 1 N–H and O–H groups in total. The highest BCUT2D eigenvalue weighted by atomic mass is 16.5. The van der Waals surface area contributed by atoms with Crippen molar-refractivity contribution in [3.05, 3.63) is 35.9 Å². The molecule has 21 heavy (non-hydrogen) atoms. The van der Waals surface area contributed by atoms with Crippen LogP contribution >= 0.6 is 0 Å². The van der Waals surface area contributed by atoms with Crippen LogP contribution in [0, 0.1) is 0 Å². The van der Waals surface area contributed by atoms with Crippen LogP contribution in [0.2, 0.25) is 0 Å². The zero-order chi connectivity index (χ0) is 14.7. The number of amides is 1. The number of nitrogens with zero attached hydrogens (tertiary/aromatic N) is 1. The molecule has 2 saturated heterocycles. The molecule has 0 aromatic heterocycles. The van der Waals surface area contributed by atoms with E-state index in [0.717, 1.165) is 24.3 Å². The van der Waals surface area contributed by atoms with Crippen LogP contribution in [-0.2, 0) is 4.79 Å². The Kier molecular flexibility index (Phi) is 4.25. The number of rotatable bonds is 4. The highest BCUT2D eigenvalue weighted by Crippen LogP contribution is 2.27. The number of methoxy groups -OCH3 is 1. The minimum absolute atomic E-state index is 0.00423. The van der Waals surface area contributed by atoms with Gasteiger partial charge in [-0.1, -0.05) is 12.1 Å². The molecule has 2 unspecified atom stereocenters. The quantitative estimate of drug-likeness (QED) is 0.862. The van der Waals surface area contributed by atoms with Crippen molar-refractivity contribution < 1.29 is 9.53 Å². The van der Waals surface area contributed by atoms with E-state index in [9.17, 15) is 4.79 Å². The van der Waals surface area contributed by atoms with Gasteiger partial charge in [-0.3, -0.25) is 9.69 Å². The molecule has 2 aliphatic rings. The average Bonchev–Trinajstić information content (AvgIpc) is 3.11. The van der Waals surface area contributed by atoms with Crippen LogP contribution in [-0.4, -0.2) is 43.1 Å². The van der Waals surface area contributed by atoms with Crippen molar-refractivity contribution in [3.63, 3.8) is 0 Å². The molecule has 4 heteroatoms. The van der Waals surface area contributed by atoms with E-state index < -0.39 is 0 Å². The summed E-state index contributed by atoms with van der Waals surface area (Å²) in [5.41, 5.74) is 1.000. The molecule has 0 saturated carbocycles. The standard InChI is InChI=1S/C17H22N2O2/c1-21-14-7-4-13(5-8-14)6-9-17(20)18-15-10-12-19-11-2-3-16(15)19/h4-9,15-16H,2-3,10-12H2,1H3,(H,18,20)/b9-6-. The van der Waals surface area contributed by atoms with Crippen LogP contribution in [0.25, 0.3) is 6.08 Å². The molecule has 1 aromatic rings. The predicted octanol–water partition coefficient (Wildman–Crippen LogP) is 2.06. The van der Waals surface area contributed by atoms with Crippen molar-refractivity contribution in [1.29, 1.82) is 0 Å². The Morgan fingerprint density at radius 3 is 2.86 bits per heavy atom. The van der Waals surface area contributed by atoms with Gasteiger partial charge >= 0.3 is 0 Å². The molecule has 0 bridgehead atoms. The summed E-state index contributed by atoms with van der Waals surface area (Å²) in [6, 6.07) is 8.55. The molecule has 0 spiro atoms. The molecule has 112 valence electrons. The lowest BCUT2D eigenvalue weighted by Crippen LogP contribution is -2.41. The normalized spacial score (nSPS) is 25.2. The summed E-state index contributed by atoms with van der Waals surface area (Å²) in [5.74, 6) is 0.827. The van der Waals surface area contributed by atoms with E-state index in [-0.39, 0.29) is 5.91 Å². The third kappa shape index (κ3) is 3.27. The maximum absolute atomic E-state index is 12.0. The van der Waals surface area contributed by atoms with Crippen molar-refractivity contribution in [3.8, 4) is 5.75 Å². The minimum atomic E-state index is 0.00423. The molecule has 2 aliphatic heterocycles. The van der Waals surface area contributed by atoms with Crippen LogP contribution in [0.5, 0.6) is 5.75 Å². The zero-order valence-corrected chi connectivity index (χ0v) is 12.4. The number of hydrogen-bond acceptors (Lipinski definition) is 3. The Labute approximate surface area is 125 Å². The second kappa shape index (κ2) is 6.31. The highest BCUT2D eigenvalue weighted by Gasteiger charge is 2.37. The molecule has 2 fully saturated rings. The van der Waals surface area contributed by atoms with E-state index in [2.05, 4.69) is 10.2 Å². The molecule has 2 heterocycles. The Morgan fingerprint density at radius 2 is 2.10 bits per heavy atom. The molecule has 0 aliphatic carbocycles. The third-order valence-electron chi connectivity index (χ3n) is 4.48. The first-order chi connectivity index (χ1) is 10.3. The van der Waals surface area contributed by atoms with Crippen molar-refractivity contribution in [1.82, 2.24) is 10.2 Å². The lowest BCUT2D eigenvalue weighted by Gasteiger charge is -2.20. The summed E-state index contributed by atoms with van der Waals surface area (Å²) < 4.78 is 5.12. The van der Waals surface area contributed by atoms with Crippen LogP contribution < -0.4 is 10.1 Å². The third-order valence-corrected chi connectivity index (χ3v) is 4.48. The van der Waals surface area contributed by atoms with Gasteiger partial charge < -0.3 is 10.1 Å². The van der Waals surface area contributed by atoms with E-state index in [4.69, 9.17) is 4.74 Å². The van der Waals surface area contributed by atoms with Gasteiger partial charge in [-0.15, -0.1) is 0 Å². The lowest BCUT2D eigenvalue weighted by atomic mass is 10.1. The Balaban J connectivity index is 1.54.